The third-order valence-electron chi connectivity index (χ3n) is 4.01. The van der Waals surface area contributed by atoms with E-state index in [9.17, 15) is 25.2 Å². The Balaban J connectivity index is 1.86. The maximum absolute atomic E-state index is 12.0. The van der Waals surface area contributed by atoms with Crippen molar-refractivity contribution in [3.8, 4) is 0 Å². The summed E-state index contributed by atoms with van der Waals surface area (Å²) in [6.07, 6.45) is -6.89. The van der Waals surface area contributed by atoms with Crippen LogP contribution in [0, 0.1) is 0 Å². The van der Waals surface area contributed by atoms with Crippen molar-refractivity contribution >= 4 is 5.82 Å². The summed E-state index contributed by atoms with van der Waals surface area (Å²) in [7, 11) is 0. The van der Waals surface area contributed by atoms with Gasteiger partial charge in [0.25, 0.3) is 0 Å². The van der Waals surface area contributed by atoms with E-state index in [0.29, 0.717) is 0 Å². The second-order valence-electron chi connectivity index (χ2n) is 5.64. The molecular formula is C13H19N3O8. The summed E-state index contributed by atoms with van der Waals surface area (Å²) >= 11 is 0. The van der Waals surface area contributed by atoms with Gasteiger partial charge in [-0.15, -0.1) is 0 Å². The fourth-order valence-corrected chi connectivity index (χ4v) is 2.71. The number of aromatic nitrogens is 2. The van der Waals surface area contributed by atoms with E-state index in [4.69, 9.17) is 19.9 Å². The number of nitrogens with zero attached hydrogens (tertiary/aromatic N) is 2. The van der Waals surface area contributed by atoms with Gasteiger partial charge < -0.3 is 40.4 Å². The molecule has 0 aromatic carbocycles. The first-order chi connectivity index (χ1) is 11.4. The normalized spacial score (nSPS) is 39.4. The number of anilines is 1. The topological polar surface area (TPSA) is 170 Å². The van der Waals surface area contributed by atoms with Crippen LogP contribution in [0.15, 0.2) is 17.1 Å². The van der Waals surface area contributed by atoms with E-state index < -0.39 is 55.3 Å². The van der Waals surface area contributed by atoms with E-state index in [1.54, 1.807) is 0 Å². The lowest BCUT2D eigenvalue weighted by Gasteiger charge is -2.26. The Labute approximate surface area is 135 Å². The molecular weight excluding hydrogens is 326 g/mol. The quantitative estimate of drug-likeness (QED) is 0.369. The number of rotatable bonds is 4. The summed E-state index contributed by atoms with van der Waals surface area (Å²) < 4.78 is 17.2. The van der Waals surface area contributed by atoms with Crippen molar-refractivity contribution in [1.29, 1.82) is 0 Å². The number of aliphatic hydroxyl groups is 4. The minimum Gasteiger partial charge on any atom is -0.394 e. The summed E-state index contributed by atoms with van der Waals surface area (Å²) in [5.74, 6) is 0.0173. The highest BCUT2D eigenvalue weighted by Crippen LogP contribution is 2.33. The fourth-order valence-electron chi connectivity index (χ4n) is 2.71. The van der Waals surface area contributed by atoms with Crippen molar-refractivity contribution in [3.05, 3.63) is 22.7 Å². The summed E-state index contributed by atoms with van der Waals surface area (Å²) in [6, 6.07) is 1.37. The Morgan fingerprint density at radius 1 is 1.38 bits per heavy atom. The molecule has 134 valence electrons. The molecule has 1 aromatic heterocycles. The lowest BCUT2D eigenvalue weighted by molar-refractivity contribution is -0.209. The van der Waals surface area contributed by atoms with E-state index in [2.05, 4.69) is 4.98 Å². The van der Waals surface area contributed by atoms with Gasteiger partial charge in [-0.05, 0) is 6.07 Å². The van der Waals surface area contributed by atoms with Crippen LogP contribution in [-0.2, 0) is 14.2 Å². The van der Waals surface area contributed by atoms with Gasteiger partial charge in [0.05, 0.1) is 13.2 Å². The molecule has 7 atom stereocenters. The first-order valence-electron chi connectivity index (χ1n) is 7.34. The molecule has 3 rings (SSSR count). The largest absolute Gasteiger partial charge is 0.394 e. The molecule has 3 heterocycles. The van der Waals surface area contributed by atoms with Crippen LogP contribution in [-0.4, -0.2) is 80.0 Å². The molecule has 0 spiro atoms. The smallest absolute Gasteiger partial charge is 0.351 e. The number of hydrogen-bond acceptors (Lipinski definition) is 10. The molecule has 0 aliphatic carbocycles. The van der Waals surface area contributed by atoms with Crippen LogP contribution in [0.3, 0.4) is 0 Å². The van der Waals surface area contributed by atoms with Crippen LogP contribution in [0.1, 0.15) is 6.23 Å². The van der Waals surface area contributed by atoms with Crippen molar-refractivity contribution < 1.29 is 34.6 Å². The molecule has 2 saturated heterocycles. The Bertz CT molecular complexity index is 640. The van der Waals surface area contributed by atoms with E-state index in [1.165, 1.54) is 12.3 Å². The average molecular weight is 345 g/mol. The van der Waals surface area contributed by atoms with E-state index in [0.717, 1.165) is 4.57 Å². The van der Waals surface area contributed by atoms with E-state index in [1.807, 2.05) is 0 Å². The van der Waals surface area contributed by atoms with Crippen LogP contribution in [0.25, 0.3) is 0 Å². The molecule has 0 amide bonds. The van der Waals surface area contributed by atoms with Gasteiger partial charge in [0.1, 0.15) is 36.3 Å². The lowest BCUT2D eigenvalue weighted by Crippen LogP contribution is -2.43. The number of nitrogen functional groups attached to an aromatic ring is 1. The van der Waals surface area contributed by atoms with Crippen molar-refractivity contribution in [3.63, 3.8) is 0 Å². The molecule has 24 heavy (non-hydrogen) atoms. The van der Waals surface area contributed by atoms with Gasteiger partial charge in [0.2, 0.25) is 0 Å². The monoisotopic (exact) mass is 345 g/mol. The SMILES string of the molecule is Nc1ccn([C@@H]2O[C@H](CO)[C@@H](O)[C@H]2O[C@@H]2OC[C@@H](O)[C@H]2O)c(=O)n1. The van der Waals surface area contributed by atoms with Crippen molar-refractivity contribution in [1.82, 2.24) is 9.55 Å². The fraction of sp³-hybridized carbons (Fsp3) is 0.692. The number of ether oxygens (including phenoxy) is 3. The summed E-state index contributed by atoms with van der Waals surface area (Å²) in [5, 5.41) is 38.9. The molecule has 0 saturated carbocycles. The lowest BCUT2D eigenvalue weighted by atomic mass is 10.1. The zero-order valence-corrected chi connectivity index (χ0v) is 12.5. The van der Waals surface area contributed by atoms with Gasteiger partial charge in [-0.25, -0.2) is 4.79 Å². The first-order valence-corrected chi connectivity index (χ1v) is 7.34. The maximum Gasteiger partial charge on any atom is 0.351 e. The summed E-state index contributed by atoms with van der Waals surface area (Å²) in [5.41, 5.74) is 4.71. The van der Waals surface area contributed by atoms with Crippen molar-refractivity contribution in [2.75, 3.05) is 18.9 Å². The number of hydrogen-bond donors (Lipinski definition) is 5. The Kier molecular flexibility index (Phi) is 4.83. The predicted octanol–water partition coefficient (Wildman–Crippen LogP) is -3.46. The van der Waals surface area contributed by atoms with Crippen LogP contribution < -0.4 is 11.4 Å². The van der Waals surface area contributed by atoms with Gasteiger partial charge in [0.15, 0.2) is 12.5 Å². The molecule has 11 nitrogen and oxygen atoms in total. The molecule has 0 radical (unpaired) electrons. The number of nitrogens with two attached hydrogens (primary N) is 1. The molecule has 2 fully saturated rings. The van der Waals surface area contributed by atoms with Crippen LogP contribution >= 0.6 is 0 Å². The molecule has 0 unspecified atom stereocenters. The zero-order chi connectivity index (χ0) is 17.4. The van der Waals surface area contributed by atoms with Gasteiger partial charge in [-0.3, -0.25) is 4.57 Å². The van der Waals surface area contributed by atoms with Gasteiger partial charge in [0, 0.05) is 6.20 Å². The third-order valence-corrected chi connectivity index (χ3v) is 4.01. The molecule has 11 heteroatoms. The average Bonchev–Trinajstić information content (AvgIpc) is 3.02. The third kappa shape index (κ3) is 3.02. The van der Waals surface area contributed by atoms with Crippen LogP contribution in [0.5, 0.6) is 0 Å². The Hall–Kier alpha value is -1.60. The molecule has 1 aromatic rings. The van der Waals surface area contributed by atoms with E-state index in [-0.39, 0.29) is 12.4 Å². The van der Waals surface area contributed by atoms with Crippen LogP contribution in [0.4, 0.5) is 5.82 Å². The highest BCUT2D eigenvalue weighted by Gasteiger charge is 2.49. The van der Waals surface area contributed by atoms with Gasteiger partial charge in [-0.1, -0.05) is 0 Å². The second-order valence-corrected chi connectivity index (χ2v) is 5.64. The van der Waals surface area contributed by atoms with Crippen molar-refractivity contribution in [2.45, 2.75) is 43.0 Å². The molecule has 6 N–H and O–H groups in total. The Morgan fingerprint density at radius 2 is 2.12 bits per heavy atom. The summed E-state index contributed by atoms with van der Waals surface area (Å²) in [4.78, 5) is 15.6. The molecule has 2 aliphatic heterocycles. The summed E-state index contributed by atoms with van der Waals surface area (Å²) in [6.45, 7) is -0.641. The highest BCUT2D eigenvalue weighted by molar-refractivity contribution is 5.23. The predicted molar refractivity (Wildman–Crippen MR) is 76.5 cm³/mol. The minimum atomic E-state index is -1.31. The van der Waals surface area contributed by atoms with E-state index >= 15 is 0 Å². The van der Waals surface area contributed by atoms with Crippen molar-refractivity contribution in [2.24, 2.45) is 0 Å². The van der Waals surface area contributed by atoms with Gasteiger partial charge in [-0.2, -0.15) is 4.98 Å². The maximum atomic E-state index is 12.0. The number of aliphatic hydroxyl groups excluding tert-OH is 4. The van der Waals surface area contributed by atoms with Crippen LogP contribution in [0.2, 0.25) is 0 Å². The molecule has 2 aliphatic rings. The first kappa shape index (κ1) is 17.2. The zero-order valence-electron chi connectivity index (χ0n) is 12.5. The molecule has 0 bridgehead atoms. The highest BCUT2D eigenvalue weighted by atomic mass is 16.7. The minimum absolute atomic E-state index is 0.0173. The van der Waals surface area contributed by atoms with Gasteiger partial charge >= 0.3 is 5.69 Å². The second kappa shape index (κ2) is 6.72. The Morgan fingerprint density at radius 3 is 2.71 bits per heavy atom. The standard InChI is InChI=1S/C13H19N3O8/c14-7-1-2-16(13(21)15-7)11-10(9(20)6(3-17)23-11)24-12-8(19)5(18)4-22-12/h1-2,5-6,8-12,17-20H,3-4H2,(H2,14,15,21)/t5-,6-,8-,9-,10-,11-,12+/m1/s1.